The average molecular weight is 629 g/mol. The molecule has 242 valence electrons. The second kappa shape index (κ2) is 14.4. The van der Waals surface area contributed by atoms with Crippen LogP contribution in [0.15, 0.2) is 53.4 Å². The molecule has 1 aliphatic heterocycles. The molecular weight excluding hydrogens is 580 g/mol. The fourth-order valence-electron chi connectivity index (χ4n) is 5.39. The minimum atomic E-state index is -3.83. The van der Waals surface area contributed by atoms with Gasteiger partial charge in [0.05, 0.1) is 30.2 Å². The van der Waals surface area contributed by atoms with Crippen LogP contribution in [0.3, 0.4) is 0 Å². The molecule has 1 heterocycles. The van der Waals surface area contributed by atoms with Gasteiger partial charge in [-0.15, -0.1) is 0 Å². The molecule has 0 bridgehead atoms. The van der Waals surface area contributed by atoms with E-state index in [0.29, 0.717) is 24.8 Å². The highest BCUT2D eigenvalue weighted by atomic mass is 32.2. The lowest BCUT2D eigenvalue weighted by molar-refractivity contribution is -0.149. The van der Waals surface area contributed by atoms with Gasteiger partial charge in [-0.2, -0.15) is 0 Å². The molecule has 3 atom stereocenters. The zero-order valence-electron chi connectivity index (χ0n) is 26.5. The van der Waals surface area contributed by atoms with Crippen LogP contribution in [0.5, 0.6) is 5.75 Å². The Morgan fingerprint density at radius 2 is 1.80 bits per heavy atom. The van der Waals surface area contributed by atoms with E-state index >= 15 is 0 Å². The number of ether oxygens (including phenoxy) is 1. The third kappa shape index (κ3) is 9.26. The van der Waals surface area contributed by atoms with Crippen molar-refractivity contribution in [3.8, 4) is 5.75 Å². The predicted molar refractivity (Wildman–Crippen MR) is 169 cm³/mol. The van der Waals surface area contributed by atoms with E-state index in [2.05, 4.69) is 16.1 Å². The van der Waals surface area contributed by atoms with Crippen LogP contribution in [0, 0.1) is 11.3 Å². The van der Waals surface area contributed by atoms with Gasteiger partial charge in [0, 0.05) is 25.4 Å². The lowest BCUT2D eigenvalue weighted by Crippen LogP contribution is -2.60. The van der Waals surface area contributed by atoms with Crippen LogP contribution >= 0.6 is 0 Å². The molecule has 0 saturated heterocycles. The molecule has 4 rings (SSSR count). The molecule has 1 aliphatic carbocycles. The van der Waals surface area contributed by atoms with Gasteiger partial charge in [0.2, 0.25) is 5.91 Å². The number of carbonyl (C=O) groups is 2. The molecule has 1 saturated carbocycles. The smallest absolute Gasteiger partial charge is 0.252 e. The number of amides is 2. The van der Waals surface area contributed by atoms with Crippen LogP contribution in [0.2, 0.25) is 0 Å². The van der Waals surface area contributed by atoms with Gasteiger partial charge in [0.15, 0.2) is 9.84 Å². The Morgan fingerprint density at radius 3 is 2.43 bits per heavy atom. The lowest BCUT2D eigenvalue weighted by Gasteiger charge is -2.37. The average Bonchev–Trinajstić information content (AvgIpc) is 3.67. The van der Waals surface area contributed by atoms with Crippen LogP contribution in [0.1, 0.15) is 65.0 Å². The molecule has 1 fully saturated rings. The highest BCUT2D eigenvalue weighted by Crippen LogP contribution is 2.30. The fraction of sp³-hybridized carbons (Fsp3) is 0.576. The Balaban J connectivity index is 1.58. The van der Waals surface area contributed by atoms with Crippen LogP contribution in [-0.4, -0.2) is 73.6 Å². The summed E-state index contributed by atoms with van der Waals surface area (Å²) in [4.78, 5) is 26.9. The van der Waals surface area contributed by atoms with Crippen LogP contribution in [-0.2, 0) is 32.3 Å². The number of hydrogen-bond acceptors (Lipinski definition) is 8. The molecule has 2 amide bonds. The summed E-state index contributed by atoms with van der Waals surface area (Å²) in [6.07, 6.45) is 1.86. The van der Waals surface area contributed by atoms with E-state index in [1.165, 1.54) is 5.01 Å². The third-order valence-corrected chi connectivity index (χ3v) is 10.1. The van der Waals surface area contributed by atoms with Crippen molar-refractivity contribution in [2.45, 2.75) is 95.2 Å². The Hall–Kier alpha value is -2.99. The van der Waals surface area contributed by atoms with E-state index in [-0.39, 0.29) is 54.0 Å². The summed E-state index contributed by atoms with van der Waals surface area (Å²) in [6, 6.07) is 13.8. The van der Waals surface area contributed by atoms with Crippen molar-refractivity contribution >= 4 is 21.7 Å². The monoisotopic (exact) mass is 628 g/mol. The van der Waals surface area contributed by atoms with Gasteiger partial charge in [0.25, 0.3) is 5.91 Å². The number of hydrazine groups is 1. The Bertz CT molecular complexity index is 1390. The van der Waals surface area contributed by atoms with Crippen LogP contribution < -0.4 is 20.8 Å². The number of aliphatic hydroxyl groups excluding tert-OH is 1. The number of nitrogens with zero attached hydrogens (tertiary/aromatic N) is 1. The maximum absolute atomic E-state index is 13.8. The first-order valence-corrected chi connectivity index (χ1v) is 17.1. The first kappa shape index (κ1) is 33.9. The molecule has 11 heteroatoms. The summed E-state index contributed by atoms with van der Waals surface area (Å²) in [5, 5.41) is 18.2. The first-order chi connectivity index (χ1) is 20.7. The molecule has 2 aromatic carbocycles. The number of fused-ring (bicyclic) bond motifs is 1. The molecule has 10 nitrogen and oxygen atoms in total. The van der Waals surface area contributed by atoms with E-state index in [0.717, 1.165) is 24.0 Å². The second-order valence-corrected chi connectivity index (χ2v) is 15.6. The van der Waals surface area contributed by atoms with Gasteiger partial charge in [-0.1, -0.05) is 65.0 Å². The molecule has 0 aromatic heterocycles. The third-order valence-electron chi connectivity index (χ3n) is 7.84. The number of benzene rings is 2. The molecule has 4 N–H and O–H groups in total. The fourth-order valence-corrected chi connectivity index (χ4v) is 7.28. The Morgan fingerprint density at radius 1 is 1.09 bits per heavy atom. The Kier molecular flexibility index (Phi) is 11.1. The lowest BCUT2D eigenvalue weighted by atomic mass is 9.91. The summed E-state index contributed by atoms with van der Waals surface area (Å²) in [5.41, 5.74) is 4.13. The molecule has 1 unspecified atom stereocenters. The van der Waals surface area contributed by atoms with Crippen molar-refractivity contribution in [2.24, 2.45) is 11.3 Å². The van der Waals surface area contributed by atoms with E-state index in [4.69, 9.17) is 4.74 Å². The maximum Gasteiger partial charge on any atom is 0.252 e. The normalized spacial score (nSPS) is 17.0. The second-order valence-electron chi connectivity index (χ2n) is 13.5. The molecular formula is C33H48N4O6S. The maximum atomic E-state index is 13.8. The number of rotatable bonds is 14. The van der Waals surface area contributed by atoms with Crippen molar-refractivity contribution in [1.82, 2.24) is 21.1 Å². The van der Waals surface area contributed by atoms with Gasteiger partial charge in [0.1, 0.15) is 11.1 Å². The number of aliphatic hydroxyl groups is 1. The SMILES string of the molecule is CC(C)C(NC[C@@H](O)[C@H](Cc1ccccc1)N(NC(=O)CNC1CC1)C(=O)CC(C)(C)C)S(=O)(=O)c1ccc2c(c1)CCO2. The van der Waals surface area contributed by atoms with Crippen LogP contribution in [0.25, 0.3) is 0 Å². The zero-order chi connectivity index (χ0) is 32.1. The minimum Gasteiger partial charge on any atom is -0.493 e. The van der Waals surface area contributed by atoms with E-state index in [9.17, 15) is 23.1 Å². The van der Waals surface area contributed by atoms with Gasteiger partial charge in [-0.3, -0.25) is 20.3 Å². The predicted octanol–water partition coefficient (Wildman–Crippen LogP) is 2.99. The number of carbonyl (C=O) groups excluding carboxylic acids is 2. The summed E-state index contributed by atoms with van der Waals surface area (Å²) < 4.78 is 33.2. The number of sulfone groups is 1. The highest BCUT2D eigenvalue weighted by molar-refractivity contribution is 7.92. The summed E-state index contributed by atoms with van der Waals surface area (Å²) >= 11 is 0. The van der Waals surface area contributed by atoms with Crippen molar-refractivity contribution in [3.05, 3.63) is 59.7 Å². The van der Waals surface area contributed by atoms with Gasteiger partial charge >= 0.3 is 0 Å². The van der Waals surface area contributed by atoms with Gasteiger partial charge in [-0.05, 0) is 59.9 Å². The van der Waals surface area contributed by atoms with Crippen molar-refractivity contribution in [1.29, 1.82) is 0 Å². The summed E-state index contributed by atoms with van der Waals surface area (Å²) in [6.45, 7) is 9.89. The van der Waals surface area contributed by atoms with Crippen molar-refractivity contribution in [2.75, 3.05) is 19.7 Å². The topological polar surface area (TPSA) is 137 Å². The van der Waals surface area contributed by atoms with E-state index in [1.54, 1.807) is 18.2 Å². The molecule has 2 aliphatic rings. The number of nitrogens with one attached hydrogen (secondary N) is 3. The molecule has 0 spiro atoms. The van der Waals surface area contributed by atoms with Crippen molar-refractivity contribution < 1.29 is 27.9 Å². The quantitative estimate of drug-likeness (QED) is 0.235. The minimum absolute atomic E-state index is 0.0514. The van der Waals surface area contributed by atoms with Crippen molar-refractivity contribution in [3.63, 3.8) is 0 Å². The molecule has 2 aromatic rings. The summed E-state index contributed by atoms with van der Waals surface area (Å²) in [7, 11) is -3.83. The highest BCUT2D eigenvalue weighted by Gasteiger charge is 2.36. The first-order valence-electron chi connectivity index (χ1n) is 15.5. The van der Waals surface area contributed by atoms with E-state index in [1.807, 2.05) is 65.0 Å². The zero-order valence-corrected chi connectivity index (χ0v) is 27.3. The summed E-state index contributed by atoms with van der Waals surface area (Å²) in [5.74, 6) is -0.325. The Labute approximate surface area is 261 Å². The van der Waals surface area contributed by atoms with E-state index < -0.39 is 27.4 Å². The number of hydrogen-bond donors (Lipinski definition) is 4. The standard InChI is InChI=1S/C33H48N4O6S/c1-22(2)32(44(41,42)26-13-14-29-24(18-26)15-16-43-29)35-20-28(38)27(17-23-9-7-6-8-10-23)37(31(40)19-33(3,4)5)36-30(39)21-34-25-11-12-25/h6-10,13-14,18,22,25,27-28,32,34-35,38H,11-12,15-17,19-21H2,1-5H3,(H,36,39)/t27-,28+,32?/m0/s1. The van der Waals surface area contributed by atoms with Crippen LogP contribution in [0.4, 0.5) is 0 Å². The van der Waals surface area contributed by atoms with Gasteiger partial charge in [-0.25, -0.2) is 13.4 Å². The van der Waals surface area contributed by atoms with Gasteiger partial charge < -0.3 is 15.2 Å². The molecule has 0 radical (unpaired) electrons. The largest absolute Gasteiger partial charge is 0.493 e. The molecule has 44 heavy (non-hydrogen) atoms.